The van der Waals surface area contributed by atoms with Crippen molar-refractivity contribution in [2.45, 2.75) is 19.8 Å². The van der Waals surface area contributed by atoms with Crippen LogP contribution in [0.15, 0.2) is 46.9 Å². The van der Waals surface area contributed by atoms with Crippen LogP contribution in [0.2, 0.25) is 5.02 Å². The number of anilines is 2. The van der Waals surface area contributed by atoms with E-state index in [9.17, 15) is 9.59 Å². The molecule has 0 aliphatic carbocycles. The molecule has 1 atom stereocenters. The van der Waals surface area contributed by atoms with E-state index in [1.54, 1.807) is 23.1 Å². The summed E-state index contributed by atoms with van der Waals surface area (Å²) in [4.78, 5) is 26.5. The molecule has 4 nitrogen and oxygen atoms in total. The summed E-state index contributed by atoms with van der Waals surface area (Å²) in [6.07, 6.45) is 1.17. The lowest BCUT2D eigenvalue weighted by atomic mass is 10.1. The van der Waals surface area contributed by atoms with Gasteiger partial charge in [-0.1, -0.05) is 30.7 Å². The van der Waals surface area contributed by atoms with Crippen LogP contribution in [-0.2, 0) is 16.0 Å². The number of amides is 2. The molecule has 3 rings (SSSR count). The van der Waals surface area contributed by atoms with E-state index in [0.717, 1.165) is 16.6 Å². The number of halogens is 2. The molecule has 1 N–H and O–H groups in total. The summed E-state index contributed by atoms with van der Waals surface area (Å²) in [6.45, 7) is 2.48. The number of carbonyl (C=O) groups excluding carboxylic acids is 2. The highest BCUT2D eigenvalue weighted by Crippen LogP contribution is 2.28. The fourth-order valence-electron chi connectivity index (χ4n) is 2.86. The predicted octanol–water partition coefficient (Wildman–Crippen LogP) is 4.66. The maximum atomic E-state index is 12.5. The minimum Gasteiger partial charge on any atom is -0.326 e. The van der Waals surface area contributed by atoms with Crippen molar-refractivity contribution in [2.24, 2.45) is 5.92 Å². The highest BCUT2D eigenvalue weighted by Gasteiger charge is 2.35. The minimum absolute atomic E-state index is 0.0294. The third-order valence-corrected chi connectivity index (χ3v) is 5.57. The summed E-state index contributed by atoms with van der Waals surface area (Å²) in [5.74, 6) is -0.571. The number of aryl methyl sites for hydroxylation is 1. The van der Waals surface area contributed by atoms with Crippen LogP contribution in [0.4, 0.5) is 11.4 Å². The van der Waals surface area contributed by atoms with Gasteiger partial charge in [-0.3, -0.25) is 9.59 Å². The van der Waals surface area contributed by atoms with Crippen LogP contribution in [0.1, 0.15) is 18.9 Å². The van der Waals surface area contributed by atoms with Gasteiger partial charge < -0.3 is 10.2 Å². The molecule has 6 heteroatoms. The Kier molecular flexibility index (Phi) is 5.45. The van der Waals surface area contributed by atoms with Crippen molar-refractivity contribution >= 4 is 50.7 Å². The van der Waals surface area contributed by atoms with Gasteiger partial charge in [0.2, 0.25) is 11.8 Å². The van der Waals surface area contributed by atoms with E-state index >= 15 is 0 Å². The van der Waals surface area contributed by atoms with Crippen molar-refractivity contribution < 1.29 is 9.59 Å². The zero-order valence-electron chi connectivity index (χ0n) is 13.8. The van der Waals surface area contributed by atoms with Crippen molar-refractivity contribution in [1.29, 1.82) is 0 Å². The molecule has 25 heavy (non-hydrogen) atoms. The van der Waals surface area contributed by atoms with Crippen molar-refractivity contribution in [3.63, 3.8) is 0 Å². The second kappa shape index (κ2) is 7.58. The van der Waals surface area contributed by atoms with Crippen LogP contribution in [-0.4, -0.2) is 18.4 Å². The first-order valence-electron chi connectivity index (χ1n) is 8.13. The van der Waals surface area contributed by atoms with Crippen molar-refractivity contribution in [3.8, 4) is 0 Å². The maximum Gasteiger partial charge on any atom is 0.229 e. The smallest absolute Gasteiger partial charge is 0.229 e. The quantitative estimate of drug-likeness (QED) is 0.781. The first-order valence-corrected chi connectivity index (χ1v) is 9.30. The monoisotopic (exact) mass is 420 g/mol. The highest BCUT2D eigenvalue weighted by molar-refractivity contribution is 9.10. The molecule has 1 aliphatic rings. The van der Waals surface area contributed by atoms with Gasteiger partial charge in [-0.2, -0.15) is 0 Å². The average molecular weight is 422 g/mol. The van der Waals surface area contributed by atoms with Gasteiger partial charge in [0.1, 0.15) is 0 Å². The van der Waals surface area contributed by atoms with E-state index in [4.69, 9.17) is 11.6 Å². The normalized spacial score (nSPS) is 17.0. The van der Waals surface area contributed by atoms with Gasteiger partial charge in [-0.25, -0.2) is 0 Å². The van der Waals surface area contributed by atoms with Crippen LogP contribution in [0.5, 0.6) is 0 Å². The van der Waals surface area contributed by atoms with E-state index in [2.05, 4.69) is 28.2 Å². The summed E-state index contributed by atoms with van der Waals surface area (Å²) in [5.41, 5.74) is 2.68. The summed E-state index contributed by atoms with van der Waals surface area (Å²) in [6, 6.07) is 13.1. The number of benzene rings is 2. The summed E-state index contributed by atoms with van der Waals surface area (Å²) < 4.78 is 0.768. The Hall–Kier alpha value is -1.85. The minimum atomic E-state index is -0.374. The Morgan fingerprint density at radius 2 is 2.00 bits per heavy atom. The number of hydrogen-bond donors (Lipinski definition) is 1. The van der Waals surface area contributed by atoms with Gasteiger partial charge in [-0.05, 0) is 58.2 Å². The molecular formula is C19H18BrClN2O2. The molecule has 1 saturated heterocycles. The number of nitrogens with one attached hydrogen (secondary N) is 1. The van der Waals surface area contributed by atoms with E-state index in [1.165, 1.54) is 5.56 Å². The third-order valence-electron chi connectivity index (χ3n) is 4.34. The van der Waals surface area contributed by atoms with Gasteiger partial charge in [0.25, 0.3) is 0 Å². The molecule has 1 heterocycles. The molecule has 2 amide bonds. The molecule has 0 radical (unpaired) electrons. The summed E-state index contributed by atoms with van der Waals surface area (Å²) >= 11 is 9.37. The average Bonchev–Trinajstić information content (AvgIpc) is 3.00. The molecule has 2 aromatic carbocycles. The molecule has 0 saturated carbocycles. The van der Waals surface area contributed by atoms with Gasteiger partial charge in [0.15, 0.2) is 0 Å². The van der Waals surface area contributed by atoms with E-state index in [1.807, 2.05) is 24.3 Å². The van der Waals surface area contributed by atoms with Gasteiger partial charge in [0, 0.05) is 28.8 Å². The van der Waals surface area contributed by atoms with Crippen molar-refractivity contribution in [1.82, 2.24) is 0 Å². The summed E-state index contributed by atoms with van der Waals surface area (Å²) in [7, 11) is 0. The van der Waals surface area contributed by atoms with Gasteiger partial charge in [0.05, 0.1) is 10.9 Å². The molecular weight excluding hydrogens is 404 g/mol. The fourth-order valence-corrected chi connectivity index (χ4v) is 3.29. The number of rotatable bonds is 4. The van der Waals surface area contributed by atoms with E-state index in [0.29, 0.717) is 17.3 Å². The van der Waals surface area contributed by atoms with Crippen LogP contribution in [0.3, 0.4) is 0 Å². The van der Waals surface area contributed by atoms with Crippen molar-refractivity contribution in [2.75, 3.05) is 16.8 Å². The second-order valence-electron chi connectivity index (χ2n) is 6.04. The standard InChI is InChI=1S/C19H18BrClN2O2/c1-2-12-3-6-15(7-4-12)23-11-13(9-18(23)24)19(25)22-14-5-8-16(20)17(21)10-14/h3-8,10,13H,2,9,11H2,1H3,(H,22,25)/t13-/m0/s1. The Labute approximate surface area is 160 Å². The van der Waals surface area contributed by atoms with Crippen LogP contribution in [0.25, 0.3) is 0 Å². The lowest BCUT2D eigenvalue weighted by Gasteiger charge is -2.17. The third kappa shape index (κ3) is 4.05. The molecule has 2 aromatic rings. The Bertz CT molecular complexity index is 808. The van der Waals surface area contributed by atoms with Gasteiger partial charge in [-0.15, -0.1) is 0 Å². The maximum absolute atomic E-state index is 12.5. The zero-order chi connectivity index (χ0) is 18.0. The van der Waals surface area contributed by atoms with E-state index < -0.39 is 0 Å². The lowest BCUT2D eigenvalue weighted by Crippen LogP contribution is -2.28. The predicted molar refractivity (Wildman–Crippen MR) is 104 cm³/mol. The molecule has 0 bridgehead atoms. The zero-order valence-corrected chi connectivity index (χ0v) is 16.1. The molecule has 0 aromatic heterocycles. The Morgan fingerprint density at radius 1 is 1.28 bits per heavy atom. The van der Waals surface area contributed by atoms with Crippen LogP contribution in [0, 0.1) is 5.92 Å². The van der Waals surface area contributed by atoms with Crippen molar-refractivity contribution in [3.05, 3.63) is 57.5 Å². The molecule has 1 fully saturated rings. The first-order chi connectivity index (χ1) is 12.0. The Morgan fingerprint density at radius 3 is 2.64 bits per heavy atom. The molecule has 130 valence electrons. The molecule has 0 unspecified atom stereocenters. The molecule has 0 spiro atoms. The number of carbonyl (C=O) groups is 2. The lowest BCUT2D eigenvalue weighted by molar-refractivity contribution is -0.122. The Balaban J connectivity index is 1.68. The number of nitrogens with zero attached hydrogens (tertiary/aromatic N) is 1. The van der Waals surface area contributed by atoms with E-state index in [-0.39, 0.29) is 24.2 Å². The van der Waals surface area contributed by atoms with Gasteiger partial charge >= 0.3 is 0 Å². The number of hydrogen-bond acceptors (Lipinski definition) is 2. The summed E-state index contributed by atoms with van der Waals surface area (Å²) in [5, 5.41) is 3.37. The van der Waals surface area contributed by atoms with Crippen LogP contribution >= 0.6 is 27.5 Å². The second-order valence-corrected chi connectivity index (χ2v) is 7.31. The SMILES string of the molecule is CCc1ccc(N2C[C@@H](C(=O)Nc3ccc(Br)c(Cl)c3)CC2=O)cc1. The topological polar surface area (TPSA) is 49.4 Å². The molecule has 1 aliphatic heterocycles. The largest absolute Gasteiger partial charge is 0.326 e. The first kappa shape index (κ1) is 18.0. The fraction of sp³-hybridized carbons (Fsp3) is 0.263. The highest BCUT2D eigenvalue weighted by atomic mass is 79.9. The van der Waals surface area contributed by atoms with Crippen LogP contribution < -0.4 is 10.2 Å².